The molecule has 2 heterocycles. The molecule has 0 spiro atoms. The van der Waals surface area contributed by atoms with Crippen molar-refractivity contribution in [3.05, 3.63) is 72.8 Å². The van der Waals surface area contributed by atoms with Crippen molar-refractivity contribution in [1.29, 1.82) is 0 Å². The Morgan fingerprint density at radius 3 is 2.00 bits per heavy atom. The van der Waals surface area contributed by atoms with E-state index in [2.05, 4.69) is 0 Å². The molecule has 30 heavy (non-hydrogen) atoms. The second kappa shape index (κ2) is 7.18. The van der Waals surface area contributed by atoms with E-state index in [9.17, 15) is 16.8 Å². The fourth-order valence-electron chi connectivity index (χ4n) is 5.07. The Bertz CT molecular complexity index is 1280. The molecule has 3 aromatic rings. The quantitative estimate of drug-likeness (QED) is 0.614. The van der Waals surface area contributed by atoms with Crippen LogP contribution in [0.4, 0.5) is 0 Å². The maximum atomic E-state index is 13.7. The lowest BCUT2D eigenvalue weighted by atomic mass is 10.1. The van der Waals surface area contributed by atoms with E-state index in [-0.39, 0.29) is 12.1 Å². The molecule has 2 aliphatic heterocycles. The minimum absolute atomic E-state index is 0.281. The number of piperidine rings is 1. The van der Waals surface area contributed by atoms with Crippen molar-refractivity contribution >= 4 is 30.6 Å². The van der Waals surface area contributed by atoms with Crippen LogP contribution in [0.5, 0.6) is 0 Å². The average Bonchev–Trinajstić information content (AvgIpc) is 3.04. The maximum absolute atomic E-state index is 13.7. The zero-order valence-electron chi connectivity index (χ0n) is 16.4. The first-order valence-electron chi connectivity index (χ1n) is 10.2. The van der Waals surface area contributed by atoms with E-state index in [0.29, 0.717) is 40.9 Å². The minimum atomic E-state index is -3.72. The fraction of sp³-hybridized carbons (Fsp3) is 0.304. The summed E-state index contributed by atoms with van der Waals surface area (Å²) in [6, 6.07) is 20.7. The lowest BCUT2D eigenvalue weighted by Gasteiger charge is -2.37. The third-order valence-electron chi connectivity index (χ3n) is 6.44. The molecule has 0 saturated carbocycles. The highest BCUT2D eigenvalue weighted by Gasteiger charge is 2.50. The van der Waals surface area contributed by atoms with Crippen molar-refractivity contribution in [1.82, 2.24) is 4.31 Å². The van der Waals surface area contributed by atoms with Gasteiger partial charge in [0.05, 0.1) is 15.0 Å². The van der Waals surface area contributed by atoms with Crippen molar-refractivity contribution in [3.8, 4) is 0 Å². The number of nitrogens with zero attached hydrogens (tertiary/aromatic N) is 1. The molecule has 2 aliphatic rings. The van der Waals surface area contributed by atoms with Crippen molar-refractivity contribution in [2.24, 2.45) is 0 Å². The molecular weight excluding hydrogens is 418 g/mol. The fourth-order valence-corrected chi connectivity index (χ4v) is 9.05. The van der Waals surface area contributed by atoms with Crippen LogP contribution in [0.3, 0.4) is 0 Å². The first-order chi connectivity index (χ1) is 14.4. The standard InChI is InChI=1S/C23H23NO4S2/c25-29(26,20-9-2-1-3-10-20)21-15-18-13-14-19(16-21)24(18)30(27,28)23-12-6-8-17-7-4-5-11-22(17)23/h1-12,18-19,21H,13-16H2. The van der Waals surface area contributed by atoms with Crippen LogP contribution < -0.4 is 0 Å². The van der Waals surface area contributed by atoms with E-state index in [0.717, 1.165) is 5.39 Å². The molecule has 2 bridgehead atoms. The van der Waals surface area contributed by atoms with Gasteiger partial charge < -0.3 is 0 Å². The second-order valence-electron chi connectivity index (χ2n) is 8.15. The molecule has 0 radical (unpaired) electrons. The Morgan fingerprint density at radius 1 is 0.700 bits per heavy atom. The summed E-state index contributed by atoms with van der Waals surface area (Å²) in [5, 5.41) is 1.04. The normalized spacial score (nSPS) is 24.9. The molecule has 5 rings (SSSR count). The molecular formula is C23H23NO4S2. The van der Waals surface area contributed by atoms with E-state index in [1.807, 2.05) is 30.3 Å². The first kappa shape index (κ1) is 19.7. The molecule has 0 aliphatic carbocycles. The molecule has 5 nitrogen and oxygen atoms in total. The van der Waals surface area contributed by atoms with Crippen LogP contribution in [0.25, 0.3) is 10.8 Å². The predicted molar refractivity (Wildman–Crippen MR) is 116 cm³/mol. The third kappa shape index (κ3) is 3.07. The lowest BCUT2D eigenvalue weighted by Crippen LogP contribution is -2.49. The third-order valence-corrected chi connectivity index (χ3v) is 10.7. The van der Waals surface area contributed by atoms with Gasteiger partial charge in [0.2, 0.25) is 10.0 Å². The number of rotatable bonds is 4. The van der Waals surface area contributed by atoms with Crippen LogP contribution >= 0.6 is 0 Å². The molecule has 2 saturated heterocycles. The molecule has 2 unspecified atom stereocenters. The van der Waals surface area contributed by atoms with Crippen molar-refractivity contribution < 1.29 is 16.8 Å². The Balaban J connectivity index is 1.50. The van der Waals surface area contributed by atoms with Crippen LogP contribution in [0.15, 0.2) is 82.6 Å². The van der Waals surface area contributed by atoms with E-state index >= 15 is 0 Å². The number of hydrogen-bond donors (Lipinski definition) is 0. The molecule has 156 valence electrons. The van der Waals surface area contributed by atoms with Gasteiger partial charge in [0.25, 0.3) is 0 Å². The van der Waals surface area contributed by atoms with Crippen molar-refractivity contribution in [2.45, 2.75) is 52.8 Å². The van der Waals surface area contributed by atoms with E-state index in [1.54, 1.807) is 46.8 Å². The highest BCUT2D eigenvalue weighted by Crippen LogP contribution is 2.43. The van der Waals surface area contributed by atoms with Crippen LogP contribution in [0.1, 0.15) is 25.7 Å². The Morgan fingerprint density at radius 2 is 1.30 bits per heavy atom. The van der Waals surface area contributed by atoms with Gasteiger partial charge in [-0.25, -0.2) is 16.8 Å². The largest absolute Gasteiger partial charge is 0.244 e. The number of sulfone groups is 1. The van der Waals surface area contributed by atoms with Gasteiger partial charge in [-0.2, -0.15) is 4.31 Å². The smallest absolute Gasteiger partial charge is 0.223 e. The van der Waals surface area contributed by atoms with Gasteiger partial charge in [0.15, 0.2) is 9.84 Å². The van der Waals surface area contributed by atoms with Gasteiger partial charge >= 0.3 is 0 Å². The highest BCUT2D eigenvalue weighted by molar-refractivity contribution is 7.92. The first-order valence-corrected chi connectivity index (χ1v) is 13.2. The van der Waals surface area contributed by atoms with Gasteiger partial charge in [0.1, 0.15) is 0 Å². The van der Waals surface area contributed by atoms with Crippen LogP contribution in [0.2, 0.25) is 0 Å². The molecule has 0 amide bonds. The summed E-state index contributed by atoms with van der Waals surface area (Å²) in [6.07, 6.45) is 2.10. The van der Waals surface area contributed by atoms with Gasteiger partial charge in [-0.15, -0.1) is 0 Å². The van der Waals surface area contributed by atoms with Gasteiger partial charge in [-0.3, -0.25) is 0 Å². The number of hydrogen-bond acceptors (Lipinski definition) is 4. The van der Waals surface area contributed by atoms with Gasteiger partial charge in [0, 0.05) is 17.5 Å². The summed E-state index contributed by atoms with van der Waals surface area (Å²) in [5.74, 6) is 0. The topological polar surface area (TPSA) is 71.5 Å². The van der Waals surface area contributed by atoms with Crippen LogP contribution in [-0.4, -0.2) is 38.5 Å². The number of sulfonamides is 1. The van der Waals surface area contributed by atoms with Crippen LogP contribution in [0, 0.1) is 0 Å². The summed E-state index contributed by atoms with van der Waals surface area (Å²) < 4.78 is 55.2. The second-order valence-corrected chi connectivity index (χ2v) is 12.2. The van der Waals surface area contributed by atoms with Crippen LogP contribution in [-0.2, 0) is 19.9 Å². The summed E-state index contributed by atoms with van der Waals surface area (Å²) >= 11 is 0. The molecule has 0 N–H and O–H groups in total. The SMILES string of the molecule is O=S(=O)(c1ccccc1)C1CC2CCC(C1)N2S(=O)(=O)c1cccc2ccccc12. The number of fused-ring (bicyclic) bond motifs is 3. The van der Waals surface area contributed by atoms with Gasteiger partial charge in [-0.1, -0.05) is 54.6 Å². The Hall–Kier alpha value is -2.22. The lowest BCUT2D eigenvalue weighted by molar-refractivity contribution is 0.249. The van der Waals surface area contributed by atoms with E-state index in [1.165, 1.54) is 0 Å². The average molecular weight is 442 g/mol. The molecule has 7 heteroatoms. The van der Waals surface area contributed by atoms with Crippen molar-refractivity contribution in [2.75, 3.05) is 0 Å². The maximum Gasteiger partial charge on any atom is 0.244 e. The summed E-state index contributed by atoms with van der Waals surface area (Å²) in [4.78, 5) is 0.627. The van der Waals surface area contributed by atoms with E-state index < -0.39 is 25.1 Å². The summed E-state index contributed by atoms with van der Waals surface area (Å²) in [6.45, 7) is 0. The van der Waals surface area contributed by atoms with E-state index in [4.69, 9.17) is 0 Å². The molecule has 2 fully saturated rings. The molecule has 3 aromatic carbocycles. The monoisotopic (exact) mass is 441 g/mol. The number of benzene rings is 3. The Kier molecular flexibility index (Phi) is 4.72. The summed E-state index contributed by atoms with van der Waals surface area (Å²) in [5.41, 5.74) is 0. The van der Waals surface area contributed by atoms with Crippen molar-refractivity contribution in [3.63, 3.8) is 0 Å². The predicted octanol–water partition coefficient (Wildman–Crippen LogP) is 4.00. The minimum Gasteiger partial charge on any atom is -0.223 e. The highest BCUT2D eigenvalue weighted by atomic mass is 32.2. The zero-order valence-corrected chi connectivity index (χ0v) is 18.0. The Labute approximate surface area is 177 Å². The van der Waals surface area contributed by atoms with Gasteiger partial charge in [-0.05, 0) is 49.3 Å². The molecule has 2 atom stereocenters. The molecule has 0 aromatic heterocycles. The summed E-state index contributed by atoms with van der Waals surface area (Å²) in [7, 11) is -7.20. The zero-order chi connectivity index (χ0) is 20.9.